The van der Waals surface area contributed by atoms with E-state index in [0.717, 1.165) is 16.7 Å². The number of hydrogen-bond donors (Lipinski definition) is 1. The van der Waals surface area contributed by atoms with Gasteiger partial charge in [-0.15, -0.1) is 11.8 Å². The summed E-state index contributed by atoms with van der Waals surface area (Å²) >= 11 is 1.06. The molecule has 0 spiro atoms. The SMILES string of the molecule is CC(C)C[C@H](N)C(=O)N(CCSCC([O])=O)C(=O)OC(C)(C)C. The molecule has 0 bridgehead atoms. The Labute approximate surface area is 141 Å². The molecule has 1 atom stereocenters. The number of hydrogen-bond acceptors (Lipinski definition) is 6. The maximum absolute atomic E-state index is 12.4. The second-order valence-corrected chi connectivity index (χ2v) is 7.74. The summed E-state index contributed by atoms with van der Waals surface area (Å²) in [6.45, 7) is 9.00. The molecule has 7 nitrogen and oxygen atoms in total. The van der Waals surface area contributed by atoms with Crippen molar-refractivity contribution < 1.29 is 24.2 Å². The number of ether oxygens (including phenoxy) is 1. The molecular formula is C15H27N2O5S. The zero-order valence-electron chi connectivity index (χ0n) is 14.5. The van der Waals surface area contributed by atoms with Crippen LogP contribution in [0.5, 0.6) is 0 Å². The van der Waals surface area contributed by atoms with Gasteiger partial charge in [0.25, 0.3) is 0 Å². The predicted octanol–water partition coefficient (Wildman–Crippen LogP) is 1.81. The number of nitrogens with zero attached hydrogens (tertiary/aromatic N) is 1. The van der Waals surface area contributed by atoms with E-state index in [4.69, 9.17) is 10.5 Å². The minimum absolute atomic E-state index is 0.0392. The highest BCUT2D eigenvalue weighted by molar-refractivity contribution is 7.99. The Morgan fingerprint density at radius 1 is 1.22 bits per heavy atom. The van der Waals surface area contributed by atoms with Crippen molar-refractivity contribution in [3.05, 3.63) is 0 Å². The van der Waals surface area contributed by atoms with E-state index in [-0.39, 0.29) is 24.0 Å². The number of carbonyl (C=O) groups excluding carboxylic acids is 3. The van der Waals surface area contributed by atoms with Crippen LogP contribution in [0.25, 0.3) is 0 Å². The first-order valence-corrected chi connectivity index (χ1v) is 8.67. The largest absolute Gasteiger partial charge is 0.443 e. The summed E-state index contributed by atoms with van der Waals surface area (Å²) in [5.74, 6) is -1.42. The third kappa shape index (κ3) is 10.2. The number of thioether (sulfide) groups is 1. The average molecular weight is 347 g/mol. The topological polar surface area (TPSA) is 110 Å². The third-order valence-electron chi connectivity index (χ3n) is 2.60. The van der Waals surface area contributed by atoms with Gasteiger partial charge in [0.1, 0.15) is 5.60 Å². The lowest BCUT2D eigenvalue weighted by Gasteiger charge is -2.28. The molecule has 0 unspecified atom stereocenters. The molecule has 0 heterocycles. The molecule has 0 aromatic heterocycles. The summed E-state index contributed by atoms with van der Waals surface area (Å²) in [6, 6.07) is -0.798. The molecule has 0 rings (SSSR count). The Hall–Kier alpha value is -1.28. The number of imide groups is 1. The van der Waals surface area contributed by atoms with Crippen LogP contribution in [0.2, 0.25) is 0 Å². The Morgan fingerprint density at radius 2 is 1.78 bits per heavy atom. The van der Waals surface area contributed by atoms with Gasteiger partial charge in [0, 0.05) is 12.3 Å². The van der Waals surface area contributed by atoms with E-state index in [1.54, 1.807) is 20.8 Å². The number of nitrogens with two attached hydrogens (primary N) is 1. The summed E-state index contributed by atoms with van der Waals surface area (Å²) in [7, 11) is 0. The van der Waals surface area contributed by atoms with Crippen molar-refractivity contribution >= 4 is 29.7 Å². The third-order valence-corrected chi connectivity index (χ3v) is 3.51. The molecule has 23 heavy (non-hydrogen) atoms. The van der Waals surface area contributed by atoms with Crippen LogP contribution in [0.3, 0.4) is 0 Å². The number of carbonyl (C=O) groups is 3. The lowest BCUT2D eigenvalue weighted by molar-refractivity contribution is -0.139. The number of rotatable bonds is 8. The molecule has 0 aliphatic heterocycles. The van der Waals surface area contributed by atoms with Gasteiger partial charge in [-0.2, -0.15) is 0 Å². The fourth-order valence-corrected chi connectivity index (χ4v) is 2.35. The van der Waals surface area contributed by atoms with Crippen molar-refractivity contribution in [2.45, 2.75) is 52.7 Å². The minimum Gasteiger partial charge on any atom is -0.443 e. The quantitative estimate of drug-likeness (QED) is 0.671. The van der Waals surface area contributed by atoms with Crippen molar-refractivity contribution in [1.82, 2.24) is 4.90 Å². The highest BCUT2D eigenvalue weighted by atomic mass is 32.2. The molecule has 0 saturated carbocycles. The van der Waals surface area contributed by atoms with Crippen LogP contribution < -0.4 is 5.73 Å². The van der Waals surface area contributed by atoms with Crippen molar-refractivity contribution in [3.8, 4) is 0 Å². The second kappa shape index (κ2) is 9.77. The van der Waals surface area contributed by atoms with E-state index < -0.39 is 29.6 Å². The Morgan fingerprint density at radius 3 is 2.22 bits per heavy atom. The molecule has 133 valence electrons. The summed E-state index contributed by atoms with van der Waals surface area (Å²) < 4.78 is 5.23. The minimum atomic E-state index is -1.19. The standard InChI is InChI=1S/C15H27N2O5S/c1-10(2)8-11(16)13(20)17(6-7-23-9-12(18)19)14(21)22-15(3,4)5/h10-11H,6-9,16H2,1-5H3/t11-/m0/s1. The van der Waals surface area contributed by atoms with Gasteiger partial charge >= 0.3 is 12.1 Å². The zero-order valence-corrected chi connectivity index (χ0v) is 15.3. The van der Waals surface area contributed by atoms with Gasteiger partial charge in [-0.1, -0.05) is 13.8 Å². The molecular weight excluding hydrogens is 320 g/mol. The number of amides is 2. The van der Waals surface area contributed by atoms with E-state index in [1.807, 2.05) is 13.8 Å². The molecule has 2 amide bonds. The normalized spacial score (nSPS) is 12.8. The van der Waals surface area contributed by atoms with Gasteiger partial charge in [0.05, 0.1) is 11.8 Å². The zero-order chi connectivity index (χ0) is 18.2. The van der Waals surface area contributed by atoms with E-state index in [1.165, 1.54) is 0 Å². The second-order valence-electron chi connectivity index (χ2n) is 6.63. The van der Waals surface area contributed by atoms with E-state index in [0.29, 0.717) is 6.42 Å². The lowest BCUT2D eigenvalue weighted by atomic mass is 10.0. The molecule has 0 aliphatic rings. The van der Waals surface area contributed by atoms with Crippen LogP contribution in [-0.2, 0) is 19.4 Å². The van der Waals surface area contributed by atoms with Crippen LogP contribution in [-0.4, -0.2) is 52.6 Å². The van der Waals surface area contributed by atoms with E-state index in [2.05, 4.69) is 0 Å². The summed E-state index contributed by atoms with van der Waals surface area (Å²) in [4.78, 5) is 36.0. The maximum atomic E-state index is 12.4. The van der Waals surface area contributed by atoms with E-state index >= 15 is 0 Å². The lowest BCUT2D eigenvalue weighted by Crippen LogP contribution is -2.49. The van der Waals surface area contributed by atoms with Crippen LogP contribution in [0.4, 0.5) is 4.79 Å². The highest BCUT2D eigenvalue weighted by Gasteiger charge is 2.30. The summed E-state index contributed by atoms with van der Waals surface area (Å²) in [6.07, 6.45) is -0.319. The van der Waals surface area contributed by atoms with Crippen molar-refractivity contribution in [3.63, 3.8) is 0 Å². The molecule has 2 N–H and O–H groups in total. The molecule has 0 aromatic carbocycles. The van der Waals surface area contributed by atoms with Crippen molar-refractivity contribution in [2.75, 3.05) is 18.1 Å². The average Bonchev–Trinajstić information content (AvgIpc) is 2.34. The van der Waals surface area contributed by atoms with Crippen LogP contribution in [0.15, 0.2) is 0 Å². The Balaban J connectivity index is 4.87. The summed E-state index contributed by atoms with van der Waals surface area (Å²) in [5, 5.41) is 10.4. The maximum Gasteiger partial charge on any atom is 0.417 e. The van der Waals surface area contributed by atoms with Gasteiger partial charge in [0.15, 0.2) is 0 Å². The smallest absolute Gasteiger partial charge is 0.417 e. The predicted molar refractivity (Wildman–Crippen MR) is 88.4 cm³/mol. The molecule has 0 saturated heterocycles. The van der Waals surface area contributed by atoms with Crippen LogP contribution >= 0.6 is 11.8 Å². The summed E-state index contributed by atoms with van der Waals surface area (Å²) in [5.41, 5.74) is 5.12. The first-order valence-electron chi connectivity index (χ1n) is 7.51. The van der Waals surface area contributed by atoms with Crippen LogP contribution in [0.1, 0.15) is 41.0 Å². The monoisotopic (exact) mass is 347 g/mol. The van der Waals surface area contributed by atoms with Gasteiger partial charge in [-0.05, 0) is 33.1 Å². The Kier molecular flexibility index (Phi) is 9.23. The molecule has 0 fully saturated rings. The Bertz CT molecular complexity index is 421. The fraction of sp³-hybridized carbons (Fsp3) is 0.800. The van der Waals surface area contributed by atoms with Crippen molar-refractivity contribution in [2.24, 2.45) is 11.7 Å². The molecule has 1 radical (unpaired) electrons. The van der Waals surface area contributed by atoms with Gasteiger partial charge in [-0.25, -0.2) is 19.6 Å². The van der Waals surface area contributed by atoms with Gasteiger partial charge < -0.3 is 10.5 Å². The van der Waals surface area contributed by atoms with Crippen molar-refractivity contribution in [1.29, 1.82) is 0 Å². The fourth-order valence-electron chi connectivity index (χ4n) is 1.73. The van der Waals surface area contributed by atoms with E-state index in [9.17, 15) is 19.5 Å². The van der Waals surface area contributed by atoms with Gasteiger partial charge in [0.2, 0.25) is 5.91 Å². The molecule has 8 heteroatoms. The van der Waals surface area contributed by atoms with Gasteiger partial charge in [-0.3, -0.25) is 4.79 Å². The highest BCUT2D eigenvalue weighted by Crippen LogP contribution is 2.13. The molecule has 0 aliphatic carbocycles. The molecule has 0 aromatic rings. The van der Waals surface area contributed by atoms with Crippen LogP contribution in [0, 0.1) is 5.92 Å². The first kappa shape index (κ1) is 21.7. The first-order chi connectivity index (χ1) is 10.4.